The van der Waals surface area contributed by atoms with Gasteiger partial charge in [0, 0.05) is 13.1 Å². The molecule has 4 N–H and O–H groups in total. The Morgan fingerprint density at radius 2 is 2.12 bits per heavy atom. The van der Waals surface area contributed by atoms with Gasteiger partial charge in [0.05, 0.1) is 11.3 Å². The Bertz CT molecular complexity index is 276. The molecule has 0 aromatic rings. The fraction of sp³-hybridized carbons (Fsp3) is 0.818. The summed E-state index contributed by atoms with van der Waals surface area (Å²) in [6.07, 6.45) is 1.94. The Morgan fingerprint density at radius 3 is 2.59 bits per heavy atom. The number of carbonyl (C=O) groups is 2. The first-order chi connectivity index (χ1) is 7.43. The molecule has 1 aliphatic rings. The van der Waals surface area contributed by atoms with E-state index in [0.717, 1.165) is 25.9 Å². The van der Waals surface area contributed by atoms with Crippen LogP contribution < -0.4 is 16.4 Å². The fourth-order valence-corrected chi connectivity index (χ4v) is 1.62. The van der Waals surface area contributed by atoms with E-state index in [1.807, 2.05) is 0 Å². The summed E-state index contributed by atoms with van der Waals surface area (Å²) in [5.74, 6) is -0.353. The average molecular weight is 264 g/mol. The van der Waals surface area contributed by atoms with Crippen LogP contribution in [0.4, 0.5) is 0 Å². The summed E-state index contributed by atoms with van der Waals surface area (Å²) in [5, 5.41) is 5.98. The van der Waals surface area contributed by atoms with Crippen LogP contribution in [0.25, 0.3) is 0 Å². The minimum absolute atomic E-state index is 0. The second kappa shape index (κ2) is 6.81. The second-order valence-corrected chi connectivity index (χ2v) is 5.01. The normalized spacial score (nSPS) is 20.2. The lowest BCUT2D eigenvalue weighted by Gasteiger charge is -2.25. The molecule has 100 valence electrons. The van der Waals surface area contributed by atoms with Gasteiger partial charge in [0.25, 0.3) is 0 Å². The largest absolute Gasteiger partial charge is 0.369 e. The van der Waals surface area contributed by atoms with Gasteiger partial charge >= 0.3 is 0 Å². The minimum atomic E-state index is -0.683. The third-order valence-electron chi connectivity index (χ3n) is 3.04. The summed E-state index contributed by atoms with van der Waals surface area (Å²) in [7, 11) is 0. The van der Waals surface area contributed by atoms with Gasteiger partial charge in [-0.2, -0.15) is 0 Å². The summed E-state index contributed by atoms with van der Waals surface area (Å²) in [4.78, 5) is 22.8. The van der Waals surface area contributed by atoms with Crippen molar-refractivity contribution in [2.45, 2.75) is 26.7 Å². The van der Waals surface area contributed by atoms with Crippen LogP contribution in [-0.2, 0) is 9.59 Å². The van der Waals surface area contributed by atoms with Gasteiger partial charge in [0.15, 0.2) is 0 Å². The van der Waals surface area contributed by atoms with Gasteiger partial charge in [0.2, 0.25) is 11.8 Å². The number of hydrogen-bond donors (Lipinski definition) is 3. The van der Waals surface area contributed by atoms with Crippen molar-refractivity contribution in [1.29, 1.82) is 0 Å². The molecule has 0 saturated carbocycles. The molecular weight excluding hydrogens is 242 g/mol. The van der Waals surface area contributed by atoms with Crippen molar-refractivity contribution in [3.05, 3.63) is 0 Å². The van der Waals surface area contributed by atoms with Crippen LogP contribution in [0.1, 0.15) is 26.7 Å². The molecule has 0 bridgehead atoms. The average Bonchev–Trinajstić information content (AvgIpc) is 2.27. The first-order valence-corrected chi connectivity index (χ1v) is 5.72. The van der Waals surface area contributed by atoms with Crippen molar-refractivity contribution >= 4 is 24.2 Å². The zero-order chi connectivity index (χ0) is 12.2. The lowest BCUT2D eigenvalue weighted by Crippen LogP contribution is -2.46. The highest BCUT2D eigenvalue weighted by Gasteiger charge is 2.27. The number of nitrogens with one attached hydrogen (secondary N) is 2. The van der Waals surface area contributed by atoms with E-state index in [4.69, 9.17) is 5.73 Å². The van der Waals surface area contributed by atoms with Gasteiger partial charge in [0.1, 0.15) is 0 Å². The molecule has 0 spiro atoms. The summed E-state index contributed by atoms with van der Waals surface area (Å²) in [5.41, 5.74) is 4.55. The van der Waals surface area contributed by atoms with E-state index in [2.05, 4.69) is 10.6 Å². The number of halogens is 1. The third-order valence-corrected chi connectivity index (χ3v) is 3.04. The Morgan fingerprint density at radius 1 is 1.47 bits per heavy atom. The molecule has 17 heavy (non-hydrogen) atoms. The molecule has 2 amide bonds. The van der Waals surface area contributed by atoms with Gasteiger partial charge in [-0.1, -0.05) is 0 Å². The third kappa shape index (κ3) is 4.91. The second-order valence-electron chi connectivity index (χ2n) is 5.01. The zero-order valence-corrected chi connectivity index (χ0v) is 11.2. The van der Waals surface area contributed by atoms with Crippen molar-refractivity contribution in [3.63, 3.8) is 0 Å². The molecule has 6 heteroatoms. The van der Waals surface area contributed by atoms with Crippen molar-refractivity contribution in [1.82, 2.24) is 10.6 Å². The molecule has 1 heterocycles. The fourth-order valence-electron chi connectivity index (χ4n) is 1.62. The van der Waals surface area contributed by atoms with Crippen LogP contribution in [0, 0.1) is 11.3 Å². The van der Waals surface area contributed by atoms with Crippen LogP contribution in [0.3, 0.4) is 0 Å². The molecule has 5 nitrogen and oxygen atoms in total. The van der Waals surface area contributed by atoms with E-state index in [1.165, 1.54) is 0 Å². The lowest BCUT2D eigenvalue weighted by molar-refractivity contribution is -0.128. The van der Waals surface area contributed by atoms with Gasteiger partial charge in [-0.3, -0.25) is 9.59 Å². The maximum Gasteiger partial charge on any atom is 0.224 e. The number of rotatable bonds is 4. The molecule has 1 saturated heterocycles. The van der Waals surface area contributed by atoms with Crippen LogP contribution >= 0.6 is 12.4 Å². The molecule has 0 aromatic heterocycles. The van der Waals surface area contributed by atoms with Crippen LogP contribution in [0.15, 0.2) is 0 Å². The molecule has 1 aliphatic heterocycles. The highest BCUT2D eigenvalue weighted by atomic mass is 35.5. The summed E-state index contributed by atoms with van der Waals surface area (Å²) in [6, 6.07) is 0. The molecule has 0 aliphatic carbocycles. The van der Waals surface area contributed by atoms with Crippen LogP contribution in [0.2, 0.25) is 0 Å². The number of hydrogen-bond acceptors (Lipinski definition) is 3. The predicted molar refractivity (Wildman–Crippen MR) is 68.8 cm³/mol. The molecule has 1 fully saturated rings. The quantitative estimate of drug-likeness (QED) is 0.669. The Kier molecular flexibility index (Phi) is 6.49. The number of piperidine rings is 1. The molecule has 0 aromatic carbocycles. The molecule has 1 atom stereocenters. The number of nitrogens with two attached hydrogens (primary N) is 1. The smallest absolute Gasteiger partial charge is 0.224 e. The standard InChI is InChI=1S/C11H21N3O2.ClH/c1-11(2,10(12)16)7-14-9(15)8-4-3-5-13-6-8;/h8,13H,3-7H2,1-2H3,(H2,12,16)(H,14,15);1H/t8-;/m1./s1. The van der Waals surface area contributed by atoms with Crippen molar-refractivity contribution in [3.8, 4) is 0 Å². The van der Waals surface area contributed by atoms with Gasteiger partial charge in [-0.05, 0) is 33.2 Å². The maximum atomic E-state index is 11.8. The summed E-state index contributed by atoms with van der Waals surface area (Å²) < 4.78 is 0. The predicted octanol–water partition coefficient (Wildman–Crippen LogP) is 0.0355. The Hall–Kier alpha value is -0.810. The minimum Gasteiger partial charge on any atom is -0.369 e. The van der Waals surface area contributed by atoms with E-state index in [-0.39, 0.29) is 24.2 Å². The topological polar surface area (TPSA) is 84.2 Å². The number of carbonyl (C=O) groups excluding carboxylic acids is 2. The first kappa shape index (κ1) is 16.2. The van der Waals surface area contributed by atoms with Gasteiger partial charge < -0.3 is 16.4 Å². The molecule has 0 radical (unpaired) electrons. The van der Waals surface area contributed by atoms with Crippen molar-refractivity contribution in [2.75, 3.05) is 19.6 Å². The highest BCUT2D eigenvalue weighted by Crippen LogP contribution is 2.14. The van der Waals surface area contributed by atoms with E-state index in [9.17, 15) is 9.59 Å². The highest BCUT2D eigenvalue weighted by molar-refractivity contribution is 5.85. The van der Waals surface area contributed by atoms with E-state index >= 15 is 0 Å². The van der Waals surface area contributed by atoms with Crippen LogP contribution in [-0.4, -0.2) is 31.4 Å². The van der Waals surface area contributed by atoms with Crippen LogP contribution in [0.5, 0.6) is 0 Å². The zero-order valence-electron chi connectivity index (χ0n) is 10.4. The Labute approximate surface area is 108 Å². The lowest BCUT2D eigenvalue weighted by atomic mass is 9.92. The number of primary amides is 1. The van der Waals surface area contributed by atoms with Crippen molar-refractivity contribution < 1.29 is 9.59 Å². The van der Waals surface area contributed by atoms with E-state index in [1.54, 1.807) is 13.8 Å². The molecular formula is C11H22ClN3O2. The monoisotopic (exact) mass is 263 g/mol. The van der Waals surface area contributed by atoms with Gasteiger partial charge in [-0.15, -0.1) is 12.4 Å². The maximum absolute atomic E-state index is 11.8. The summed E-state index contributed by atoms with van der Waals surface area (Å²) >= 11 is 0. The number of amides is 2. The SMILES string of the molecule is CC(C)(CNC(=O)[C@@H]1CCCNC1)C(N)=O.Cl. The Balaban J connectivity index is 0.00000256. The van der Waals surface area contributed by atoms with E-state index in [0.29, 0.717) is 6.54 Å². The molecule has 1 rings (SSSR count). The first-order valence-electron chi connectivity index (χ1n) is 5.72. The molecule has 0 unspecified atom stereocenters. The van der Waals surface area contributed by atoms with E-state index < -0.39 is 11.3 Å². The van der Waals surface area contributed by atoms with Crippen molar-refractivity contribution in [2.24, 2.45) is 17.1 Å². The van der Waals surface area contributed by atoms with Gasteiger partial charge in [-0.25, -0.2) is 0 Å². The summed E-state index contributed by atoms with van der Waals surface area (Å²) in [6.45, 7) is 5.47.